The Labute approximate surface area is 133 Å². The molecule has 114 valence electrons. The fourth-order valence-electron chi connectivity index (χ4n) is 2.41. The third kappa shape index (κ3) is 3.26. The molecule has 0 aliphatic heterocycles. The molecule has 0 N–H and O–H groups in total. The summed E-state index contributed by atoms with van der Waals surface area (Å²) in [5, 5.41) is 1.01. The first-order valence-corrected chi connectivity index (χ1v) is 7.22. The van der Waals surface area contributed by atoms with Crippen molar-refractivity contribution in [3.05, 3.63) is 77.5 Å². The minimum atomic E-state index is -0.414. The minimum absolute atomic E-state index is 0.0153. The van der Waals surface area contributed by atoms with Gasteiger partial charge in [-0.25, -0.2) is 4.79 Å². The summed E-state index contributed by atoms with van der Waals surface area (Å²) in [4.78, 5) is 28.1. The number of methoxy groups -OCH3 is 1. The lowest BCUT2D eigenvalue weighted by Gasteiger charge is -2.04. The van der Waals surface area contributed by atoms with Crippen molar-refractivity contribution in [2.45, 2.75) is 6.42 Å². The lowest BCUT2D eigenvalue weighted by Crippen LogP contribution is -2.06. The van der Waals surface area contributed by atoms with E-state index in [1.165, 1.54) is 7.11 Å². The highest BCUT2D eigenvalue weighted by atomic mass is 16.5. The maximum atomic E-state index is 12.4. The van der Waals surface area contributed by atoms with Crippen molar-refractivity contribution in [3.63, 3.8) is 0 Å². The summed E-state index contributed by atoms with van der Waals surface area (Å²) < 4.78 is 4.64. The van der Waals surface area contributed by atoms with Gasteiger partial charge in [0, 0.05) is 23.6 Å². The normalized spacial score (nSPS) is 10.5. The van der Waals surface area contributed by atoms with Crippen LogP contribution in [0.3, 0.4) is 0 Å². The van der Waals surface area contributed by atoms with E-state index in [0.717, 1.165) is 16.5 Å². The van der Waals surface area contributed by atoms with Gasteiger partial charge in [0.2, 0.25) is 0 Å². The van der Waals surface area contributed by atoms with Gasteiger partial charge in [-0.05, 0) is 29.8 Å². The number of hydrogen-bond donors (Lipinski definition) is 0. The minimum Gasteiger partial charge on any atom is -0.465 e. The molecule has 0 saturated heterocycles. The molecular weight excluding hydrogens is 290 g/mol. The highest BCUT2D eigenvalue weighted by Crippen LogP contribution is 2.15. The number of aromatic nitrogens is 1. The molecule has 0 amide bonds. The number of ketones is 1. The summed E-state index contributed by atoms with van der Waals surface area (Å²) in [6.45, 7) is 0. The lowest BCUT2D eigenvalue weighted by atomic mass is 10.0. The number of benzene rings is 2. The largest absolute Gasteiger partial charge is 0.465 e. The van der Waals surface area contributed by atoms with Gasteiger partial charge in [-0.1, -0.05) is 30.3 Å². The Morgan fingerprint density at radius 3 is 2.43 bits per heavy atom. The summed E-state index contributed by atoms with van der Waals surface area (Å²) in [5.74, 6) is -0.429. The van der Waals surface area contributed by atoms with E-state index in [4.69, 9.17) is 0 Å². The van der Waals surface area contributed by atoms with Gasteiger partial charge >= 0.3 is 5.97 Å². The molecule has 4 nitrogen and oxygen atoms in total. The number of ether oxygens (including phenoxy) is 1. The van der Waals surface area contributed by atoms with E-state index in [-0.39, 0.29) is 12.2 Å². The van der Waals surface area contributed by atoms with Crippen molar-refractivity contribution >= 4 is 22.7 Å². The molecule has 0 fully saturated rings. The number of nitrogens with zero attached hydrogens (tertiary/aromatic N) is 1. The highest BCUT2D eigenvalue weighted by molar-refractivity contribution is 5.99. The van der Waals surface area contributed by atoms with Crippen molar-refractivity contribution in [2.24, 2.45) is 0 Å². The van der Waals surface area contributed by atoms with Crippen molar-refractivity contribution in [1.29, 1.82) is 0 Å². The second-order valence-corrected chi connectivity index (χ2v) is 5.21. The molecule has 23 heavy (non-hydrogen) atoms. The summed E-state index contributed by atoms with van der Waals surface area (Å²) in [6, 6.07) is 16.2. The molecule has 2 aromatic carbocycles. The number of rotatable bonds is 4. The standard InChI is InChI=1S/C19H15NO3/c1-23-19(22)15-8-6-14(7-9-15)18(21)11-13-10-16-4-2-3-5-17(16)20-12-13/h2-10,12H,11H2,1H3. The van der Waals surface area contributed by atoms with Crippen LogP contribution < -0.4 is 0 Å². The van der Waals surface area contributed by atoms with Gasteiger partial charge in [-0.15, -0.1) is 0 Å². The highest BCUT2D eigenvalue weighted by Gasteiger charge is 2.10. The molecule has 1 heterocycles. The van der Waals surface area contributed by atoms with Crippen LogP contribution in [-0.2, 0) is 11.2 Å². The second kappa shape index (κ2) is 6.40. The van der Waals surface area contributed by atoms with E-state index >= 15 is 0 Å². The summed E-state index contributed by atoms with van der Waals surface area (Å²) in [5.41, 5.74) is 2.76. The van der Waals surface area contributed by atoms with Crippen molar-refractivity contribution in [3.8, 4) is 0 Å². The van der Waals surface area contributed by atoms with Crippen molar-refractivity contribution in [2.75, 3.05) is 7.11 Å². The number of Topliss-reactive ketones (excluding diaryl/α,β-unsaturated/α-hetero) is 1. The van der Waals surface area contributed by atoms with Crippen LogP contribution in [0.4, 0.5) is 0 Å². The van der Waals surface area contributed by atoms with E-state index in [1.54, 1.807) is 30.5 Å². The Morgan fingerprint density at radius 1 is 1.00 bits per heavy atom. The van der Waals surface area contributed by atoms with Crippen LogP contribution >= 0.6 is 0 Å². The molecule has 0 bridgehead atoms. The van der Waals surface area contributed by atoms with Crippen LogP contribution in [0.25, 0.3) is 10.9 Å². The Bertz CT molecular complexity index is 869. The van der Waals surface area contributed by atoms with Crippen LogP contribution in [0, 0.1) is 0 Å². The van der Waals surface area contributed by atoms with Gasteiger partial charge in [-0.3, -0.25) is 9.78 Å². The molecule has 3 aromatic rings. The first-order chi connectivity index (χ1) is 11.2. The molecular formula is C19H15NO3. The van der Waals surface area contributed by atoms with E-state index in [2.05, 4.69) is 9.72 Å². The van der Waals surface area contributed by atoms with E-state index < -0.39 is 5.97 Å². The number of carbonyl (C=O) groups excluding carboxylic acids is 2. The number of carbonyl (C=O) groups is 2. The summed E-state index contributed by atoms with van der Waals surface area (Å²) >= 11 is 0. The molecule has 0 aliphatic rings. The van der Waals surface area contributed by atoms with E-state index in [1.807, 2.05) is 30.3 Å². The number of fused-ring (bicyclic) bond motifs is 1. The molecule has 1 aromatic heterocycles. The first kappa shape index (κ1) is 14.9. The van der Waals surface area contributed by atoms with Gasteiger partial charge in [-0.2, -0.15) is 0 Å². The second-order valence-electron chi connectivity index (χ2n) is 5.21. The SMILES string of the molecule is COC(=O)c1ccc(C(=O)Cc2cnc3ccccc3c2)cc1. The van der Waals surface area contributed by atoms with Gasteiger partial charge in [0.1, 0.15) is 0 Å². The van der Waals surface area contributed by atoms with Crippen LogP contribution in [0.15, 0.2) is 60.8 Å². The molecule has 0 aliphatic carbocycles. The first-order valence-electron chi connectivity index (χ1n) is 7.22. The van der Waals surface area contributed by atoms with Gasteiger partial charge in [0.15, 0.2) is 5.78 Å². The predicted octanol–water partition coefficient (Wildman–Crippen LogP) is 3.45. The predicted molar refractivity (Wildman–Crippen MR) is 87.6 cm³/mol. The van der Waals surface area contributed by atoms with E-state index in [0.29, 0.717) is 11.1 Å². The van der Waals surface area contributed by atoms with Crippen LogP contribution in [-0.4, -0.2) is 23.8 Å². The molecule has 4 heteroatoms. The average molecular weight is 305 g/mol. The molecule has 0 saturated carbocycles. The average Bonchev–Trinajstić information content (AvgIpc) is 2.61. The zero-order valence-electron chi connectivity index (χ0n) is 12.7. The smallest absolute Gasteiger partial charge is 0.337 e. The Hall–Kier alpha value is -3.01. The number of pyridine rings is 1. The Balaban J connectivity index is 1.78. The third-order valence-electron chi connectivity index (χ3n) is 3.64. The number of hydrogen-bond acceptors (Lipinski definition) is 4. The van der Waals surface area contributed by atoms with Crippen molar-refractivity contribution < 1.29 is 14.3 Å². The third-order valence-corrected chi connectivity index (χ3v) is 3.64. The number of esters is 1. The molecule has 0 unspecified atom stereocenters. The van der Waals surface area contributed by atoms with Crippen LogP contribution in [0.2, 0.25) is 0 Å². The summed E-state index contributed by atoms with van der Waals surface area (Å²) in [6.07, 6.45) is 2.00. The lowest BCUT2D eigenvalue weighted by molar-refractivity contribution is 0.0600. The topological polar surface area (TPSA) is 56.3 Å². The number of para-hydroxylation sites is 1. The maximum absolute atomic E-state index is 12.4. The monoisotopic (exact) mass is 305 g/mol. The molecule has 0 spiro atoms. The Kier molecular flexibility index (Phi) is 4.15. The van der Waals surface area contributed by atoms with Gasteiger partial charge in [0.25, 0.3) is 0 Å². The van der Waals surface area contributed by atoms with E-state index in [9.17, 15) is 9.59 Å². The zero-order valence-corrected chi connectivity index (χ0v) is 12.7. The quantitative estimate of drug-likeness (QED) is 0.547. The fraction of sp³-hybridized carbons (Fsp3) is 0.105. The van der Waals surface area contributed by atoms with Crippen molar-refractivity contribution in [1.82, 2.24) is 4.98 Å². The zero-order chi connectivity index (χ0) is 16.2. The Morgan fingerprint density at radius 2 is 1.70 bits per heavy atom. The fourth-order valence-corrected chi connectivity index (χ4v) is 2.41. The van der Waals surface area contributed by atoms with Crippen LogP contribution in [0.5, 0.6) is 0 Å². The molecule has 3 rings (SSSR count). The molecule has 0 radical (unpaired) electrons. The van der Waals surface area contributed by atoms with Crippen LogP contribution in [0.1, 0.15) is 26.3 Å². The maximum Gasteiger partial charge on any atom is 0.337 e. The van der Waals surface area contributed by atoms with Gasteiger partial charge in [0.05, 0.1) is 18.2 Å². The molecule has 0 atom stereocenters. The van der Waals surface area contributed by atoms with Gasteiger partial charge < -0.3 is 4.74 Å². The summed E-state index contributed by atoms with van der Waals surface area (Å²) in [7, 11) is 1.33.